The molecular formula is C20H21FN2O2. The Morgan fingerprint density at radius 1 is 1.24 bits per heavy atom. The van der Waals surface area contributed by atoms with Gasteiger partial charge in [-0.25, -0.2) is 9.18 Å². The number of nitrogens with zero attached hydrogens (tertiary/aromatic N) is 1. The number of nitrogens with one attached hydrogen (secondary N) is 1. The van der Waals surface area contributed by atoms with Gasteiger partial charge in [0.15, 0.2) is 0 Å². The lowest BCUT2D eigenvalue weighted by atomic mass is 10.1. The van der Waals surface area contributed by atoms with Crippen LogP contribution in [0.25, 0.3) is 11.0 Å². The third-order valence-corrected chi connectivity index (χ3v) is 4.44. The average Bonchev–Trinajstić information content (AvgIpc) is 3.05. The number of aryl methyl sites for hydroxylation is 1. The maximum Gasteiger partial charge on any atom is 0.318 e. The molecule has 25 heavy (non-hydrogen) atoms. The lowest BCUT2D eigenvalue weighted by Crippen LogP contribution is -2.38. The first-order valence-corrected chi connectivity index (χ1v) is 8.20. The summed E-state index contributed by atoms with van der Waals surface area (Å²) in [5.74, 6) is 0.455. The number of amides is 2. The summed E-state index contributed by atoms with van der Waals surface area (Å²) in [5, 5.41) is 3.82. The van der Waals surface area contributed by atoms with Crippen LogP contribution in [0.3, 0.4) is 0 Å². The van der Waals surface area contributed by atoms with Crippen LogP contribution in [0, 0.1) is 12.7 Å². The van der Waals surface area contributed by atoms with Gasteiger partial charge in [-0.1, -0.05) is 30.3 Å². The number of benzene rings is 2. The van der Waals surface area contributed by atoms with Crippen molar-refractivity contribution in [2.75, 3.05) is 7.05 Å². The van der Waals surface area contributed by atoms with Gasteiger partial charge in [-0.05, 0) is 43.2 Å². The summed E-state index contributed by atoms with van der Waals surface area (Å²) in [4.78, 5) is 13.9. The van der Waals surface area contributed by atoms with E-state index in [0.29, 0.717) is 5.56 Å². The van der Waals surface area contributed by atoms with E-state index in [1.165, 1.54) is 6.07 Å². The first-order chi connectivity index (χ1) is 12.0. The molecule has 4 nitrogen and oxygen atoms in total. The maximum atomic E-state index is 13.6. The molecule has 0 saturated carbocycles. The fourth-order valence-electron chi connectivity index (χ4n) is 2.62. The van der Waals surface area contributed by atoms with E-state index in [9.17, 15) is 9.18 Å². The molecule has 0 radical (unpaired) electrons. The molecule has 2 amide bonds. The predicted octanol–water partition coefficient (Wildman–Crippen LogP) is 4.78. The van der Waals surface area contributed by atoms with E-state index in [1.54, 1.807) is 31.0 Å². The molecule has 0 saturated heterocycles. The molecule has 3 aromatic rings. The first kappa shape index (κ1) is 17.0. The van der Waals surface area contributed by atoms with Gasteiger partial charge in [0, 0.05) is 19.0 Å². The van der Waals surface area contributed by atoms with Gasteiger partial charge in [-0.15, -0.1) is 0 Å². The standard InChI is InChI=1S/C20H21FN2O2/c1-13-8-9-15(10-17(13)21)12-22-20(24)23(3)14(2)19-11-16-6-4-5-7-18(16)25-19/h4-11,14H,12H2,1-3H3,(H,22,24)/t14-/m0/s1. The van der Waals surface area contributed by atoms with Crippen LogP contribution in [-0.2, 0) is 6.54 Å². The number of hydrogen-bond donors (Lipinski definition) is 1. The Labute approximate surface area is 146 Å². The zero-order chi connectivity index (χ0) is 18.0. The van der Waals surface area contributed by atoms with Crippen molar-refractivity contribution < 1.29 is 13.6 Å². The van der Waals surface area contributed by atoms with E-state index in [4.69, 9.17) is 4.42 Å². The highest BCUT2D eigenvalue weighted by Gasteiger charge is 2.20. The highest BCUT2D eigenvalue weighted by molar-refractivity contribution is 5.78. The summed E-state index contributed by atoms with van der Waals surface area (Å²) in [6, 6.07) is 14.2. The smallest absolute Gasteiger partial charge is 0.318 e. The van der Waals surface area contributed by atoms with Crippen LogP contribution >= 0.6 is 0 Å². The quantitative estimate of drug-likeness (QED) is 0.743. The fraction of sp³-hybridized carbons (Fsp3) is 0.250. The topological polar surface area (TPSA) is 45.5 Å². The Bertz CT molecular complexity index is 871. The Balaban J connectivity index is 1.65. The second-order valence-electron chi connectivity index (χ2n) is 6.22. The van der Waals surface area contributed by atoms with E-state index < -0.39 is 0 Å². The predicted molar refractivity (Wildman–Crippen MR) is 95.8 cm³/mol. The number of furan rings is 1. The molecule has 0 aliphatic heterocycles. The molecule has 3 rings (SSSR count). The molecule has 1 N–H and O–H groups in total. The zero-order valence-electron chi connectivity index (χ0n) is 14.5. The van der Waals surface area contributed by atoms with Crippen molar-refractivity contribution in [2.45, 2.75) is 26.4 Å². The zero-order valence-corrected chi connectivity index (χ0v) is 14.5. The van der Waals surface area contributed by atoms with Gasteiger partial charge in [0.1, 0.15) is 17.2 Å². The minimum atomic E-state index is -0.268. The summed E-state index contributed by atoms with van der Waals surface area (Å²) in [6.45, 7) is 3.89. The van der Waals surface area contributed by atoms with Gasteiger partial charge in [0.2, 0.25) is 0 Å². The average molecular weight is 340 g/mol. The normalized spacial score (nSPS) is 12.2. The minimum Gasteiger partial charge on any atom is -0.459 e. The highest BCUT2D eigenvalue weighted by atomic mass is 19.1. The lowest BCUT2D eigenvalue weighted by molar-refractivity contribution is 0.187. The van der Waals surface area contributed by atoms with Gasteiger partial charge in [0.25, 0.3) is 0 Å². The number of fused-ring (bicyclic) bond motifs is 1. The molecule has 0 spiro atoms. The van der Waals surface area contributed by atoms with Gasteiger partial charge >= 0.3 is 6.03 Å². The van der Waals surface area contributed by atoms with Crippen molar-refractivity contribution in [1.29, 1.82) is 0 Å². The molecule has 0 aliphatic carbocycles. The van der Waals surface area contributed by atoms with Crippen LogP contribution in [0.5, 0.6) is 0 Å². The number of para-hydroxylation sites is 1. The van der Waals surface area contributed by atoms with Crippen LogP contribution in [0.2, 0.25) is 0 Å². The largest absolute Gasteiger partial charge is 0.459 e. The Kier molecular flexibility index (Phi) is 4.74. The number of urea groups is 1. The van der Waals surface area contributed by atoms with Crippen LogP contribution < -0.4 is 5.32 Å². The maximum absolute atomic E-state index is 13.6. The first-order valence-electron chi connectivity index (χ1n) is 8.20. The van der Waals surface area contributed by atoms with Crippen LogP contribution in [0.1, 0.15) is 29.9 Å². The van der Waals surface area contributed by atoms with Crippen LogP contribution in [0.15, 0.2) is 52.9 Å². The van der Waals surface area contributed by atoms with E-state index >= 15 is 0 Å². The monoisotopic (exact) mass is 340 g/mol. The summed E-state index contributed by atoms with van der Waals surface area (Å²) in [7, 11) is 1.71. The van der Waals surface area contributed by atoms with E-state index in [-0.39, 0.29) is 24.4 Å². The Hall–Kier alpha value is -2.82. The number of carbonyl (C=O) groups is 1. The van der Waals surface area contributed by atoms with Gasteiger partial charge < -0.3 is 14.6 Å². The molecular weight excluding hydrogens is 319 g/mol. The molecule has 0 fully saturated rings. The van der Waals surface area contributed by atoms with E-state index in [1.807, 2.05) is 37.3 Å². The minimum absolute atomic E-state index is 0.220. The van der Waals surface area contributed by atoms with Gasteiger partial charge in [0.05, 0.1) is 6.04 Å². The Morgan fingerprint density at radius 2 is 2.00 bits per heavy atom. The van der Waals surface area contributed by atoms with Crippen molar-refractivity contribution in [1.82, 2.24) is 10.2 Å². The van der Waals surface area contributed by atoms with E-state index in [2.05, 4.69) is 5.32 Å². The molecule has 0 bridgehead atoms. The molecule has 0 aliphatic rings. The van der Waals surface area contributed by atoms with Crippen LogP contribution in [-0.4, -0.2) is 18.0 Å². The molecule has 2 aromatic carbocycles. The summed E-state index contributed by atoms with van der Waals surface area (Å²) < 4.78 is 19.4. The third kappa shape index (κ3) is 3.65. The number of hydrogen-bond acceptors (Lipinski definition) is 2. The van der Waals surface area contributed by atoms with Crippen molar-refractivity contribution >= 4 is 17.0 Å². The lowest BCUT2D eigenvalue weighted by Gasteiger charge is -2.23. The van der Waals surface area contributed by atoms with Gasteiger partial charge in [-0.3, -0.25) is 0 Å². The van der Waals surface area contributed by atoms with Gasteiger partial charge in [-0.2, -0.15) is 0 Å². The third-order valence-electron chi connectivity index (χ3n) is 4.44. The van der Waals surface area contributed by atoms with Crippen LogP contribution in [0.4, 0.5) is 9.18 Å². The number of carbonyl (C=O) groups excluding carboxylic acids is 1. The second kappa shape index (κ2) is 6.97. The SMILES string of the molecule is Cc1ccc(CNC(=O)N(C)[C@@H](C)c2cc3ccccc3o2)cc1F. The fourth-order valence-corrected chi connectivity index (χ4v) is 2.62. The number of rotatable bonds is 4. The summed E-state index contributed by atoms with van der Waals surface area (Å²) >= 11 is 0. The second-order valence-corrected chi connectivity index (χ2v) is 6.22. The molecule has 1 atom stereocenters. The van der Waals surface area contributed by atoms with Crippen molar-refractivity contribution in [3.8, 4) is 0 Å². The molecule has 5 heteroatoms. The van der Waals surface area contributed by atoms with Crippen molar-refractivity contribution in [2.24, 2.45) is 0 Å². The molecule has 0 unspecified atom stereocenters. The summed E-state index contributed by atoms with van der Waals surface area (Å²) in [5.41, 5.74) is 2.11. The molecule has 1 aromatic heterocycles. The Morgan fingerprint density at radius 3 is 2.72 bits per heavy atom. The molecule has 1 heterocycles. The summed E-state index contributed by atoms with van der Waals surface area (Å²) in [6.07, 6.45) is 0. The van der Waals surface area contributed by atoms with E-state index in [0.717, 1.165) is 22.3 Å². The highest BCUT2D eigenvalue weighted by Crippen LogP contribution is 2.26. The molecule has 130 valence electrons. The number of halogens is 1. The van der Waals surface area contributed by atoms with Crippen molar-refractivity contribution in [3.05, 3.63) is 71.2 Å². The van der Waals surface area contributed by atoms with Crippen molar-refractivity contribution in [3.63, 3.8) is 0 Å².